The van der Waals surface area contributed by atoms with Gasteiger partial charge in [0.1, 0.15) is 5.75 Å². The number of oxime groups is 1. The third-order valence-electron chi connectivity index (χ3n) is 3.07. The van der Waals surface area contributed by atoms with E-state index < -0.39 is 0 Å². The quantitative estimate of drug-likeness (QED) is 0.625. The molecule has 1 aliphatic carbocycles. The summed E-state index contributed by atoms with van der Waals surface area (Å²) in [5, 5.41) is 12.4. The summed E-state index contributed by atoms with van der Waals surface area (Å²) in [5.74, 6) is 0.850. The minimum Gasteiger partial charge on any atom is -0.496 e. The average Bonchev–Trinajstić information content (AvgIpc) is 2.40. The Morgan fingerprint density at radius 2 is 2.00 bits per heavy atom. The largest absolute Gasteiger partial charge is 0.496 e. The van der Waals surface area contributed by atoms with Crippen molar-refractivity contribution in [3.05, 3.63) is 35.4 Å². The topological polar surface area (TPSA) is 41.8 Å². The summed E-state index contributed by atoms with van der Waals surface area (Å²) >= 11 is 0. The van der Waals surface area contributed by atoms with Gasteiger partial charge in [-0.2, -0.15) is 0 Å². The Hall–Kier alpha value is -1.77. The number of hydrogen-bond acceptors (Lipinski definition) is 3. The Labute approximate surface area is 101 Å². The molecule has 0 bridgehead atoms. The second kappa shape index (κ2) is 5.53. The Balaban J connectivity index is 2.33. The van der Waals surface area contributed by atoms with Crippen LogP contribution >= 0.6 is 0 Å². The minimum absolute atomic E-state index is 0.808. The van der Waals surface area contributed by atoms with Gasteiger partial charge >= 0.3 is 0 Å². The molecule has 1 aromatic carbocycles. The molecular weight excluding hydrogens is 214 g/mol. The molecule has 0 amide bonds. The van der Waals surface area contributed by atoms with E-state index in [0.717, 1.165) is 48.3 Å². The lowest BCUT2D eigenvalue weighted by molar-refractivity contribution is 0.316. The predicted molar refractivity (Wildman–Crippen MR) is 68.7 cm³/mol. The molecule has 1 N–H and O–H groups in total. The summed E-state index contributed by atoms with van der Waals surface area (Å²) < 4.78 is 5.31. The van der Waals surface area contributed by atoms with Gasteiger partial charge in [-0.25, -0.2) is 0 Å². The van der Waals surface area contributed by atoms with Gasteiger partial charge in [-0.05, 0) is 43.4 Å². The number of benzene rings is 1. The first-order valence-electron chi connectivity index (χ1n) is 5.90. The standard InChI is InChI=1S/C14H17NO2/c1-17-14-9-5-3-7-12(14)10-11-6-2-4-8-13(11)15-16/h3,5,7,9-10,16H,2,4,6,8H2,1H3. The zero-order chi connectivity index (χ0) is 12.1. The highest BCUT2D eigenvalue weighted by Crippen LogP contribution is 2.26. The van der Waals surface area contributed by atoms with Crippen LogP contribution in [0.5, 0.6) is 5.75 Å². The third kappa shape index (κ3) is 2.67. The number of allylic oxidation sites excluding steroid dienone is 1. The number of para-hydroxylation sites is 1. The molecule has 0 aromatic heterocycles. The highest BCUT2D eigenvalue weighted by molar-refractivity contribution is 6.04. The van der Waals surface area contributed by atoms with Gasteiger partial charge in [0.05, 0.1) is 12.8 Å². The van der Waals surface area contributed by atoms with Crippen LogP contribution in [0, 0.1) is 0 Å². The number of methoxy groups -OCH3 is 1. The maximum Gasteiger partial charge on any atom is 0.126 e. The molecule has 0 radical (unpaired) electrons. The van der Waals surface area contributed by atoms with Crippen molar-refractivity contribution in [2.75, 3.05) is 7.11 Å². The summed E-state index contributed by atoms with van der Waals surface area (Å²) in [5.41, 5.74) is 2.96. The van der Waals surface area contributed by atoms with Crippen LogP contribution in [0.25, 0.3) is 6.08 Å². The van der Waals surface area contributed by atoms with Crippen molar-refractivity contribution < 1.29 is 9.94 Å². The number of hydrogen-bond donors (Lipinski definition) is 1. The second-order valence-corrected chi connectivity index (χ2v) is 4.17. The van der Waals surface area contributed by atoms with Crippen molar-refractivity contribution in [2.45, 2.75) is 25.7 Å². The Morgan fingerprint density at radius 3 is 2.76 bits per heavy atom. The molecule has 1 saturated carbocycles. The maximum atomic E-state index is 8.98. The lowest BCUT2D eigenvalue weighted by Crippen LogP contribution is -2.09. The predicted octanol–water partition coefficient (Wildman–Crippen LogP) is 3.48. The molecule has 0 unspecified atom stereocenters. The lowest BCUT2D eigenvalue weighted by atomic mass is 9.91. The van der Waals surface area contributed by atoms with Crippen molar-refractivity contribution >= 4 is 11.8 Å². The van der Waals surface area contributed by atoms with E-state index in [2.05, 4.69) is 11.2 Å². The van der Waals surface area contributed by atoms with Crippen molar-refractivity contribution in [1.29, 1.82) is 0 Å². The van der Waals surface area contributed by atoms with E-state index in [-0.39, 0.29) is 0 Å². The van der Waals surface area contributed by atoms with Crippen LogP contribution in [0.1, 0.15) is 31.2 Å². The molecular formula is C14H17NO2. The van der Waals surface area contributed by atoms with Crippen LogP contribution in [0.4, 0.5) is 0 Å². The molecule has 1 fully saturated rings. The molecule has 3 heteroatoms. The molecule has 17 heavy (non-hydrogen) atoms. The molecule has 0 spiro atoms. The van der Waals surface area contributed by atoms with Crippen LogP contribution in [0.15, 0.2) is 35.0 Å². The smallest absolute Gasteiger partial charge is 0.126 e. The molecule has 0 heterocycles. The fraction of sp³-hybridized carbons (Fsp3) is 0.357. The van der Waals surface area contributed by atoms with E-state index in [4.69, 9.17) is 9.94 Å². The number of ether oxygens (including phenoxy) is 1. The van der Waals surface area contributed by atoms with Gasteiger partial charge < -0.3 is 9.94 Å². The average molecular weight is 231 g/mol. The molecule has 3 nitrogen and oxygen atoms in total. The van der Waals surface area contributed by atoms with Gasteiger partial charge in [0.25, 0.3) is 0 Å². The fourth-order valence-electron chi connectivity index (χ4n) is 2.16. The molecule has 1 aliphatic rings. The van der Waals surface area contributed by atoms with E-state index in [1.165, 1.54) is 0 Å². The summed E-state index contributed by atoms with van der Waals surface area (Å²) in [6.45, 7) is 0. The van der Waals surface area contributed by atoms with Crippen molar-refractivity contribution in [3.63, 3.8) is 0 Å². The van der Waals surface area contributed by atoms with Crippen LogP contribution in [0.2, 0.25) is 0 Å². The van der Waals surface area contributed by atoms with Crippen molar-refractivity contribution in [3.8, 4) is 5.75 Å². The normalized spacial score (nSPS) is 20.8. The highest BCUT2D eigenvalue weighted by Gasteiger charge is 2.14. The van der Waals surface area contributed by atoms with Crippen molar-refractivity contribution in [2.24, 2.45) is 5.16 Å². The molecule has 0 atom stereocenters. The lowest BCUT2D eigenvalue weighted by Gasteiger charge is -2.15. The monoisotopic (exact) mass is 231 g/mol. The van der Waals surface area contributed by atoms with E-state index in [1.807, 2.05) is 24.3 Å². The third-order valence-corrected chi connectivity index (χ3v) is 3.07. The molecule has 90 valence electrons. The summed E-state index contributed by atoms with van der Waals surface area (Å²) in [7, 11) is 1.67. The van der Waals surface area contributed by atoms with Crippen LogP contribution in [-0.2, 0) is 0 Å². The fourth-order valence-corrected chi connectivity index (χ4v) is 2.16. The van der Waals surface area contributed by atoms with Crippen LogP contribution in [0.3, 0.4) is 0 Å². The SMILES string of the molecule is COc1ccccc1C=C1CCCCC1=NO. The molecule has 0 saturated heterocycles. The molecule has 1 aromatic rings. The van der Waals surface area contributed by atoms with Gasteiger partial charge in [0.2, 0.25) is 0 Å². The first kappa shape index (κ1) is 11.7. The summed E-state index contributed by atoms with van der Waals surface area (Å²) in [6, 6.07) is 7.87. The Morgan fingerprint density at radius 1 is 1.24 bits per heavy atom. The van der Waals surface area contributed by atoms with E-state index in [1.54, 1.807) is 7.11 Å². The van der Waals surface area contributed by atoms with Gasteiger partial charge in [-0.15, -0.1) is 0 Å². The van der Waals surface area contributed by atoms with Gasteiger partial charge in [0, 0.05) is 5.56 Å². The van der Waals surface area contributed by atoms with Crippen LogP contribution in [-0.4, -0.2) is 18.0 Å². The van der Waals surface area contributed by atoms with E-state index >= 15 is 0 Å². The Kier molecular flexibility index (Phi) is 3.81. The van der Waals surface area contributed by atoms with E-state index in [9.17, 15) is 0 Å². The summed E-state index contributed by atoms with van der Waals surface area (Å²) in [6.07, 6.45) is 6.14. The molecule has 0 aliphatic heterocycles. The summed E-state index contributed by atoms with van der Waals surface area (Å²) in [4.78, 5) is 0. The number of rotatable bonds is 2. The highest BCUT2D eigenvalue weighted by atomic mass is 16.5. The first-order chi connectivity index (χ1) is 8.35. The zero-order valence-corrected chi connectivity index (χ0v) is 10.0. The second-order valence-electron chi connectivity index (χ2n) is 4.17. The van der Waals surface area contributed by atoms with Gasteiger partial charge in [-0.3, -0.25) is 0 Å². The first-order valence-corrected chi connectivity index (χ1v) is 5.90. The maximum absolute atomic E-state index is 8.98. The molecule has 2 rings (SSSR count). The zero-order valence-electron chi connectivity index (χ0n) is 10.0. The Bertz CT molecular complexity index is 449. The minimum atomic E-state index is 0.808. The number of nitrogens with zero attached hydrogens (tertiary/aromatic N) is 1. The van der Waals surface area contributed by atoms with Crippen LogP contribution < -0.4 is 4.74 Å². The van der Waals surface area contributed by atoms with Crippen molar-refractivity contribution in [1.82, 2.24) is 0 Å². The van der Waals surface area contributed by atoms with Gasteiger partial charge in [0.15, 0.2) is 0 Å². The van der Waals surface area contributed by atoms with Gasteiger partial charge in [-0.1, -0.05) is 23.4 Å². The van der Waals surface area contributed by atoms with E-state index in [0.29, 0.717) is 0 Å².